The summed E-state index contributed by atoms with van der Waals surface area (Å²) in [5, 5.41) is 10.1. The quantitative estimate of drug-likeness (QED) is 0.833. The van der Waals surface area contributed by atoms with Crippen molar-refractivity contribution in [3.8, 4) is 5.69 Å². The number of nitrogens with zero attached hydrogens (tertiary/aromatic N) is 2. The molecule has 0 aliphatic rings. The number of carbonyl (C=O) groups is 1. The van der Waals surface area contributed by atoms with Gasteiger partial charge >= 0.3 is 6.03 Å². The van der Waals surface area contributed by atoms with Crippen LogP contribution >= 0.6 is 0 Å². The molecule has 1 aromatic heterocycles. The van der Waals surface area contributed by atoms with E-state index in [1.165, 1.54) is 0 Å². The molecule has 5 heteroatoms. The zero-order valence-corrected chi connectivity index (χ0v) is 13.3. The van der Waals surface area contributed by atoms with E-state index in [-0.39, 0.29) is 12.1 Å². The number of rotatable bonds is 5. The Labute approximate surface area is 131 Å². The largest absolute Gasteiger partial charge is 0.334 e. The first-order chi connectivity index (χ1) is 10.5. The Bertz CT molecular complexity index is 661. The Hall–Kier alpha value is -2.56. The summed E-state index contributed by atoms with van der Waals surface area (Å²) in [4.78, 5) is 11.8. The second-order valence-electron chi connectivity index (χ2n) is 5.44. The van der Waals surface area contributed by atoms with Gasteiger partial charge in [0.25, 0.3) is 0 Å². The van der Waals surface area contributed by atoms with Gasteiger partial charge in [0.1, 0.15) is 0 Å². The first-order valence-electron chi connectivity index (χ1n) is 7.27. The van der Waals surface area contributed by atoms with Crippen LogP contribution in [0.2, 0.25) is 0 Å². The van der Waals surface area contributed by atoms with Crippen molar-refractivity contribution >= 4 is 6.03 Å². The topological polar surface area (TPSA) is 59.0 Å². The highest BCUT2D eigenvalue weighted by molar-refractivity contribution is 5.74. The fourth-order valence-electron chi connectivity index (χ4n) is 2.23. The van der Waals surface area contributed by atoms with Crippen molar-refractivity contribution in [3.05, 3.63) is 59.9 Å². The molecule has 5 nitrogen and oxygen atoms in total. The number of hydrogen-bond donors (Lipinski definition) is 2. The summed E-state index contributed by atoms with van der Waals surface area (Å²) in [6, 6.07) is 9.60. The molecule has 0 saturated heterocycles. The molecule has 2 amide bonds. The van der Waals surface area contributed by atoms with Crippen LogP contribution < -0.4 is 10.6 Å². The van der Waals surface area contributed by atoms with Gasteiger partial charge in [0.15, 0.2) is 0 Å². The minimum absolute atomic E-state index is 0.123. The van der Waals surface area contributed by atoms with E-state index in [9.17, 15) is 4.79 Å². The highest BCUT2D eigenvalue weighted by Crippen LogP contribution is 2.19. The lowest BCUT2D eigenvalue weighted by Gasteiger charge is -2.15. The molecule has 22 heavy (non-hydrogen) atoms. The highest BCUT2D eigenvalue weighted by Gasteiger charge is 2.16. The van der Waals surface area contributed by atoms with Gasteiger partial charge < -0.3 is 10.6 Å². The molecule has 0 saturated carbocycles. The highest BCUT2D eigenvalue weighted by atomic mass is 16.2. The van der Waals surface area contributed by atoms with Crippen molar-refractivity contribution in [1.29, 1.82) is 0 Å². The first kappa shape index (κ1) is 15.8. The van der Waals surface area contributed by atoms with Crippen LogP contribution in [0.25, 0.3) is 5.69 Å². The van der Waals surface area contributed by atoms with E-state index in [1.807, 2.05) is 55.8 Å². The molecule has 1 heterocycles. The Morgan fingerprint density at radius 3 is 2.68 bits per heavy atom. The zero-order chi connectivity index (χ0) is 16.1. The van der Waals surface area contributed by atoms with Crippen molar-refractivity contribution < 1.29 is 4.79 Å². The van der Waals surface area contributed by atoms with Crippen molar-refractivity contribution in [3.63, 3.8) is 0 Å². The molecular formula is C17H22N4O. The van der Waals surface area contributed by atoms with Crippen molar-refractivity contribution in [2.24, 2.45) is 0 Å². The van der Waals surface area contributed by atoms with Gasteiger partial charge in [-0.1, -0.05) is 30.4 Å². The number of aromatic nitrogens is 2. The van der Waals surface area contributed by atoms with E-state index >= 15 is 0 Å². The Kier molecular flexibility index (Phi) is 4.99. The molecule has 1 atom stereocenters. The van der Waals surface area contributed by atoms with Gasteiger partial charge in [-0.05, 0) is 32.9 Å². The summed E-state index contributed by atoms with van der Waals surface area (Å²) < 4.78 is 1.87. The van der Waals surface area contributed by atoms with Gasteiger partial charge in [0.2, 0.25) is 0 Å². The third kappa shape index (κ3) is 3.75. The first-order valence-corrected chi connectivity index (χ1v) is 7.27. The molecule has 1 unspecified atom stereocenters. The minimum Gasteiger partial charge on any atom is -0.334 e. The van der Waals surface area contributed by atoms with Crippen LogP contribution in [0.5, 0.6) is 0 Å². The standard InChI is InChI=1S/C17H22N4O/c1-12(2)10-18-17(22)20-13(3)16-11-19-21(14(16)4)15-8-6-5-7-9-15/h5-9,11,13H,1,10H2,2-4H3,(H2,18,20,22). The number of nitrogens with one attached hydrogen (secondary N) is 2. The summed E-state index contributed by atoms with van der Waals surface area (Å²) >= 11 is 0. The summed E-state index contributed by atoms with van der Waals surface area (Å²) in [7, 11) is 0. The lowest BCUT2D eigenvalue weighted by molar-refractivity contribution is 0.238. The van der Waals surface area contributed by atoms with Crippen LogP contribution in [0.15, 0.2) is 48.7 Å². The van der Waals surface area contributed by atoms with Gasteiger partial charge in [-0.15, -0.1) is 0 Å². The molecule has 2 N–H and O–H groups in total. The molecule has 2 rings (SSSR count). The van der Waals surface area contributed by atoms with Crippen LogP contribution in [-0.4, -0.2) is 22.4 Å². The van der Waals surface area contributed by atoms with Gasteiger partial charge in [0, 0.05) is 17.8 Å². The summed E-state index contributed by atoms with van der Waals surface area (Å²) in [6.45, 7) is 10.0. The van der Waals surface area contributed by atoms with E-state index in [1.54, 1.807) is 6.20 Å². The Balaban J connectivity index is 2.08. The van der Waals surface area contributed by atoms with E-state index in [0.717, 1.165) is 22.5 Å². The fraction of sp³-hybridized carbons (Fsp3) is 0.294. The monoisotopic (exact) mass is 298 g/mol. The second-order valence-corrected chi connectivity index (χ2v) is 5.44. The third-order valence-corrected chi connectivity index (χ3v) is 3.41. The average molecular weight is 298 g/mol. The lowest BCUT2D eigenvalue weighted by atomic mass is 10.1. The number of para-hydroxylation sites is 1. The van der Waals surface area contributed by atoms with Crippen LogP contribution in [0.1, 0.15) is 31.1 Å². The summed E-state index contributed by atoms with van der Waals surface area (Å²) in [5.41, 5.74) is 3.93. The van der Waals surface area contributed by atoms with Crippen molar-refractivity contribution in [2.75, 3.05) is 6.54 Å². The SMILES string of the molecule is C=C(C)CNC(=O)NC(C)c1cnn(-c2ccccc2)c1C. The molecule has 2 aromatic rings. The van der Waals surface area contributed by atoms with Crippen LogP contribution in [0, 0.1) is 6.92 Å². The maximum absolute atomic E-state index is 11.8. The summed E-state index contributed by atoms with van der Waals surface area (Å²) in [5.74, 6) is 0. The molecule has 0 spiro atoms. The molecule has 116 valence electrons. The summed E-state index contributed by atoms with van der Waals surface area (Å²) in [6.07, 6.45) is 1.80. The Morgan fingerprint density at radius 2 is 2.05 bits per heavy atom. The average Bonchev–Trinajstić information content (AvgIpc) is 2.88. The molecule has 0 bridgehead atoms. The minimum atomic E-state index is -0.206. The number of carbonyl (C=O) groups excluding carboxylic acids is 1. The van der Waals surface area contributed by atoms with E-state index in [0.29, 0.717) is 6.54 Å². The van der Waals surface area contributed by atoms with Crippen molar-refractivity contribution in [1.82, 2.24) is 20.4 Å². The molecular weight excluding hydrogens is 276 g/mol. The molecule has 0 aliphatic carbocycles. The second kappa shape index (κ2) is 6.93. The maximum atomic E-state index is 11.8. The molecule has 0 aliphatic heterocycles. The smallest absolute Gasteiger partial charge is 0.315 e. The fourth-order valence-corrected chi connectivity index (χ4v) is 2.23. The predicted octanol–water partition coefficient (Wildman–Crippen LogP) is 3.12. The zero-order valence-electron chi connectivity index (χ0n) is 13.3. The number of amides is 2. The molecule has 1 aromatic carbocycles. The third-order valence-electron chi connectivity index (χ3n) is 3.41. The number of benzene rings is 1. The maximum Gasteiger partial charge on any atom is 0.315 e. The predicted molar refractivity (Wildman–Crippen MR) is 88.1 cm³/mol. The van der Waals surface area contributed by atoms with E-state index in [4.69, 9.17) is 0 Å². The van der Waals surface area contributed by atoms with Crippen LogP contribution in [0.4, 0.5) is 4.79 Å². The molecule has 0 radical (unpaired) electrons. The van der Waals surface area contributed by atoms with Gasteiger partial charge in [-0.3, -0.25) is 0 Å². The van der Waals surface area contributed by atoms with Crippen LogP contribution in [-0.2, 0) is 0 Å². The normalized spacial score (nSPS) is 11.8. The number of hydrogen-bond acceptors (Lipinski definition) is 2. The Morgan fingerprint density at radius 1 is 1.36 bits per heavy atom. The van der Waals surface area contributed by atoms with E-state index in [2.05, 4.69) is 22.3 Å². The molecule has 0 fully saturated rings. The van der Waals surface area contributed by atoms with Gasteiger partial charge in [0.05, 0.1) is 17.9 Å². The van der Waals surface area contributed by atoms with Gasteiger partial charge in [-0.2, -0.15) is 5.10 Å². The van der Waals surface area contributed by atoms with Crippen LogP contribution in [0.3, 0.4) is 0 Å². The van der Waals surface area contributed by atoms with Gasteiger partial charge in [-0.25, -0.2) is 9.48 Å². The number of urea groups is 1. The van der Waals surface area contributed by atoms with E-state index < -0.39 is 0 Å². The lowest BCUT2D eigenvalue weighted by Crippen LogP contribution is -2.37. The van der Waals surface area contributed by atoms with Crippen molar-refractivity contribution in [2.45, 2.75) is 26.8 Å².